The zero-order valence-corrected chi connectivity index (χ0v) is 18.3. The SMILES string of the molecule is C=CCn1c(=NC(=O)c2ccc(S(=O)(=O)N(CC)CC)cc2)sc2cccc(F)c21. The summed E-state index contributed by atoms with van der Waals surface area (Å²) in [6, 6.07) is 10.4. The smallest absolute Gasteiger partial charge is 0.279 e. The zero-order valence-electron chi connectivity index (χ0n) is 16.7. The molecule has 1 amide bonds. The van der Waals surface area contributed by atoms with Gasteiger partial charge >= 0.3 is 0 Å². The first-order valence-corrected chi connectivity index (χ1v) is 11.7. The highest BCUT2D eigenvalue weighted by molar-refractivity contribution is 7.89. The molecule has 9 heteroatoms. The Kier molecular flexibility index (Phi) is 6.64. The number of rotatable bonds is 7. The molecule has 0 fully saturated rings. The molecule has 0 spiro atoms. The van der Waals surface area contributed by atoms with Gasteiger partial charge in [-0.15, -0.1) is 6.58 Å². The molecular weight excluding hydrogens is 425 g/mol. The Morgan fingerprint density at radius 3 is 2.47 bits per heavy atom. The fourth-order valence-electron chi connectivity index (χ4n) is 3.10. The van der Waals surface area contributed by atoms with Crippen LogP contribution in [0.5, 0.6) is 0 Å². The topological polar surface area (TPSA) is 71.7 Å². The molecule has 158 valence electrons. The number of aromatic nitrogens is 1. The van der Waals surface area contributed by atoms with E-state index in [-0.39, 0.29) is 10.5 Å². The summed E-state index contributed by atoms with van der Waals surface area (Å²) < 4.78 is 43.1. The maximum atomic E-state index is 14.3. The molecule has 1 heterocycles. The summed E-state index contributed by atoms with van der Waals surface area (Å²) >= 11 is 1.20. The highest BCUT2D eigenvalue weighted by atomic mass is 32.2. The molecule has 1 aromatic heterocycles. The lowest BCUT2D eigenvalue weighted by molar-refractivity contribution is 0.0997. The third-order valence-corrected chi connectivity index (χ3v) is 7.71. The number of halogens is 1. The molecule has 0 saturated carbocycles. The fraction of sp³-hybridized carbons (Fsp3) is 0.238. The van der Waals surface area contributed by atoms with Crippen LogP contribution in [0.4, 0.5) is 4.39 Å². The van der Waals surface area contributed by atoms with Gasteiger partial charge in [0.05, 0.1) is 15.1 Å². The van der Waals surface area contributed by atoms with Crippen LogP contribution in [0.15, 0.2) is 65.0 Å². The number of amides is 1. The van der Waals surface area contributed by atoms with E-state index in [0.717, 1.165) is 0 Å². The van der Waals surface area contributed by atoms with Crippen molar-refractivity contribution in [2.24, 2.45) is 4.99 Å². The third-order valence-electron chi connectivity index (χ3n) is 4.61. The Balaban J connectivity index is 2.00. The second kappa shape index (κ2) is 9.03. The lowest BCUT2D eigenvalue weighted by atomic mass is 10.2. The number of allylic oxidation sites excluding steroid dienone is 1. The Bertz CT molecular complexity index is 1250. The van der Waals surface area contributed by atoms with Gasteiger partial charge in [-0.2, -0.15) is 9.30 Å². The van der Waals surface area contributed by atoms with Gasteiger partial charge < -0.3 is 4.57 Å². The Hall–Kier alpha value is -2.62. The molecule has 0 aliphatic carbocycles. The van der Waals surface area contributed by atoms with Gasteiger partial charge in [0.25, 0.3) is 5.91 Å². The minimum Gasteiger partial charge on any atom is -0.310 e. The lowest BCUT2D eigenvalue weighted by Gasteiger charge is -2.18. The summed E-state index contributed by atoms with van der Waals surface area (Å²) in [7, 11) is -3.60. The minimum absolute atomic E-state index is 0.119. The zero-order chi connectivity index (χ0) is 21.9. The van der Waals surface area contributed by atoms with Gasteiger partial charge in [0.15, 0.2) is 4.80 Å². The highest BCUT2D eigenvalue weighted by Gasteiger charge is 2.21. The van der Waals surface area contributed by atoms with E-state index in [2.05, 4.69) is 11.6 Å². The Morgan fingerprint density at radius 1 is 1.20 bits per heavy atom. The predicted molar refractivity (Wildman–Crippen MR) is 116 cm³/mol. The molecule has 0 aliphatic rings. The number of hydrogen-bond acceptors (Lipinski definition) is 4. The molecule has 0 bridgehead atoms. The van der Waals surface area contributed by atoms with Crippen LogP contribution in [0.3, 0.4) is 0 Å². The van der Waals surface area contributed by atoms with E-state index in [1.165, 1.54) is 46.0 Å². The van der Waals surface area contributed by atoms with E-state index >= 15 is 0 Å². The van der Waals surface area contributed by atoms with Crippen molar-refractivity contribution in [2.45, 2.75) is 25.3 Å². The predicted octanol–water partition coefficient (Wildman–Crippen LogP) is 3.80. The van der Waals surface area contributed by atoms with Gasteiger partial charge in [0, 0.05) is 25.2 Å². The van der Waals surface area contributed by atoms with Gasteiger partial charge in [0.1, 0.15) is 5.82 Å². The van der Waals surface area contributed by atoms with E-state index in [9.17, 15) is 17.6 Å². The highest BCUT2D eigenvalue weighted by Crippen LogP contribution is 2.21. The van der Waals surface area contributed by atoms with Crippen LogP contribution in [-0.4, -0.2) is 36.3 Å². The van der Waals surface area contributed by atoms with Crippen LogP contribution in [0.25, 0.3) is 10.2 Å². The molecule has 6 nitrogen and oxygen atoms in total. The van der Waals surface area contributed by atoms with E-state index in [1.54, 1.807) is 36.6 Å². The normalized spacial score (nSPS) is 12.6. The second-order valence-electron chi connectivity index (χ2n) is 6.40. The molecule has 30 heavy (non-hydrogen) atoms. The average molecular weight is 448 g/mol. The molecule has 0 atom stereocenters. The lowest BCUT2D eigenvalue weighted by Crippen LogP contribution is -2.30. The summed E-state index contributed by atoms with van der Waals surface area (Å²) in [6.45, 7) is 8.24. The van der Waals surface area contributed by atoms with Crippen molar-refractivity contribution in [3.05, 3.63) is 71.3 Å². The molecule has 0 radical (unpaired) electrons. The summed E-state index contributed by atoms with van der Waals surface area (Å²) in [5.41, 5.74) is 0.617. The molecule has 3 rings (SSSR count). The minimum atomic E-state index is -3.60. The van der Waals surface area contributed by atoms with Crippen LogP contribution < -0.4 is 4.80 Å². The number of carbonyl (C=O) groups is 1. The maximum Gasteiger partial charge on any atom is 0.279 e. The van der Waals surface area contributed by atoms with Crippen LogP contribution in [0.2, 0.25) is 0 Å². The van der Waals surface area contributed by atoms with Crippen molar-refractivity contribution in [3.8, 4) is 0 Å². The average Bonchev–Trinajstić information content (AvgIpc) is 3.07. The first-order valence-electron chi connectivity index (χ1n) is 9.41. The fourth-order valence-corrected chi connectivity index (χ4v) is 5.61. The molecular formula is C21H22FN3O3S2. The van der Waals surface area contributed by atoms with E-state index in [1.807, 2.05) is 0 Å². The van der Waals surface area contributed by atoms with Crippen molar-refractivity contribution >= 4 is 37.5 Å². The van der Waals surface area contributed by atoms with Gasteiger partial charge in [-0.1, -0.05) is 37.3 Å². The number of hydrogen-bond donors (Lipinski definition) is 0. The number of sulfonamides is 1. The number of nitrogens with zero attached hydrogens (tertiary/aromatic N) is 3. The molecule has 2 aromatic carbocycles. The van der Waals surface area contributed by atoms with Crippen LogP contribution in [0.1, 0.15) is 24.2 Å². The summed E-state index contributed by atoms with van der Waals surface area (Å²) in [5.74, 6) is -0.933. The number of thiazole rings is 1. The van der Waals surface area contributed by atoms with Crippen molar-refractivity contribution in [1.29, 1.82) is 0 Å². The first kappa shape index (κ1) is 22.1. The number of para-hydroxylation sites is 1. The Labute approximate surface area is 178 Å². The van der Waals surface area contributed by atoms with Crippen LogP contribution in [-0.2, 0) is 16.6 Å². The van der Waals surface area contributed by atoms with Gasteiger partial charge in [-0.25, -0.2) is 12.8 Å². The van der Waals surface area contributed by atoms with Crippen molar-refractivity contribution in [1.82, 2.24) is 8.87 Å². The van der Waals surface area contributed by atoms with Crippen molar-refractivity contribution < 1.29 is 17.6 Å². The van der Waals surface area contributed by atoms with Crippen LogP contribution in [0, 0.1) is 5.82 Å². The maximum absolute atomic E-state index is 14.3. The number of carbonyl (C=O) groups excluding carboxylic acids is 1. The third kappa shape index (κ3) is 4.14. The quantitative estimate of drug-likeness (QED) is 0.517. The summed E-state index contributed by atoms with van der Waals surface area (Å²) in [5, 5.41) is 0. The van der Waals surface area contributed by atoms with E-state index in [4.69, 9.17) is 0 Å². The van der Waals surface area contributed by atoms with Gasteiger partial charge in [-0.05, 0) is 36.4 Å². The number of benzene rings is 2. The molecule has 0 unspecified atom stereocenters. The first-order chi connectivity index (χ1) is 14.3. The Morgan fingerprint density at radius 2 is 1.87 bits per heavy atom. The largest absolute Gasteiger partial charge is 0.310 e. The van der Waals surface area contributed by atoms with Gasteiger partial charge in [0.2, 0.25) is 10.0 Å². The molecule has 0 saturated heterocycles. The molecule has 0 N–H and O–H groups in total. The standard InChI is InChI=1S/C21H22FN3O3S2/c1-4-14-25-19-17(22)8-7-9-18(19)29-21(25)23-20(26)15-10-12-16(13-11-15)30(27,28)24(5-2)6-3/h4,7-13H,1,5-6,14H2,2-3H3. The molecule has 3 aromatic rings. The van der Waals surface area contributed by atoms with E-state index < -0.39 is 21.7 Å². The summed E-state index contributed by atoms with van der Waals surface area (Å²) in [4.78, 5) is 17.3. The summed E-state index contributed by atoms with van der Waals surface area (Å²) in [6.07, 6.45) is 1.61. The van der Waals surface area contributed by atoms with Crippen molar-refractivity contribution in [3.63, 3.8) is 0 Å². The second-order valence-corrected chi connectivity index (χ2v) is 9.35. The van der Waals surface area contributed by atoms with Crippen LogP contribution >= 0.6 is 11.3 Å². The van der Waals surface area contributed by atoms with Crippen molar-refractivity contribution in [2.75, 3.05) is 13.1 Å². The monoisotopic (exact) mass is 447 g/mol. The molecule has 0 aliphatic heterocycles. The van der Waals surface area contributed by atoms with E-state index in [0.29, 0.717) is 34.7 Å². The number of fused-ring (bicyclic) bond motifs is 1. The van der Waals surface area contributed by atoms with Gasteiger partial charge in [-0.3, -0.25) is 4.79 Å².